The van der Waals surface area contributed by atoms with E-state index in [2.05, 4.69) is 33.5 Å². The third kappa shape index (κ3) is 3.99. The Hall–Kier alpha value is -0.950. The highest BCUT2D eigenvalue weighted by Gasteiger charge is 2.28. The zero-order valence-corrected chi connectivity index (χ0v) is 15.8. The highest BCUT2D eigenvalue weighted by atomic mass is 32.2. The van der Waals surface area contributed by atoms with Gasteiger partial charge in [-0.15, -0.1) is 11.8 Å². The van der Waals surface area contributed by atoms with Crippen LogP contribution in [0.3, 0.4) is 0 Å². The van der Waals surface area contributed by atoms with E-state index in [1.165, 1.54) is 43.1 Å². The molecule has 2 saturated heterocycles. The molecule has 0 bridgehead atoms. The molecular formula is C18H29N3O2S. The van der Waals surface area contributed by atoms with E-state index in [1.54, 1.807) is 26.0 Å². The molecule has 1 unspecified atom stereocenters. The van der Waals surface area contributed by atoms with Crippen LogP contribution in [0.2, 0.25) is 0 Å². The highest BCUT2D eigenvalue weighted by molar-refractivity contribution is 7.98. The molecule has 1 N–H and O–H groups in total. The van der Waals surface area contributed by atoms with Crippen LogP contribution in [-0.4, -0.2) is 75.6 Å². The summed E-state index contributed by atoms with van der Waals surface area (Å²) in [6, 6.07) is 4.95. The number of piperazine rings is 1. The van der Waals surface area contributed by atoms with Crippen LogP contribution >= 0.6 is 11.8 Å². The fraction of sp³-hybridized carbons (Fsp3) is 0.667. The number of nitrogens with one attached hydrogen (secondary N) is 1. The number of rotatable bonds is 6. The van der Waals surface area contributed by atoms with E-state index >= 15 is 0 Å². The van der Waals surface area contributed by atoms with Crippen LogP contribution < -0.4 is 14.8 Å². The largest absolute Gasteiger partial charge is 0.493 e. The molecule has 3 rings (SSSR count). The summed E-state index contributed by atoms with van der Waals surface area (Å²) in [7, 11) is 3.40. The molecule has 1 aromatic carbocycles. The van der Waals surface area contributed by atoms with Crippen molar-refractivity contribution in [2.24, 2.45) is 0 Å². The van der Waals surface area contributed by atoms with Crippen LogP contribution in [0.4, 0.5) is 0 Å². The van der Waals surface area contributed by atoms with Crippen molar-refractivity contribution >= 4 is 11.8 Å². The summed E-state index contributed by atoms with van der Waals surface area (Å²) in [6.45, 7) is 7.96. The zero-order chi connectivity index (χ0) is 16.9. The Kier molecular flexibility index (Phi) is 6.27. The molecule has 0 amide bonds. The topological polar surface area (TPSA) is 37.0 Å². The highest BCUT2D eigenvalue weighted by Crippen LogP contribution is 2.35. The first-order valence-electron chi connectivity index (χ1n) is 8.71. The molecule has 134 valence electrons. The number of nitrogens with zero attached hydrogens (tertiary/aromatic N) is 2. The minimum Gasteiger partial charge on any atom is -0.493 e. The van der Waals surface area contributed by atoms with Crippen molar-refractivity contribution in [1.82, 2.24) is 15.1 Å². The van der Waals surface area contributed by atoms with E-state index in [1.807, 2.05) is 0 Å². The van der Waals surface area contributed by atoms with Gasteiger partial charge in [0.2, 0.25) is 0 Å². The molecule has 1 atom stereocenters. The number of ether oxygens (including phenoxy) is 2. The summed E-state index contributed by atoms with van der Waals surface area (Å²) in [6.07, 6.45) is 3.40. The van der Waals surface area contributed by atoms with E-state index in [9.17, 15) is 0 Å². The van der Waals surface area contributed by atoms with Crippen LogP contribution in [0.25, 0.3) is 0 Å². The number of benzene rings is 1. The van der Waals surface area contributed by atoms with E-state index in [-0.39, 0.29) is 0 Å². The van der Waals surface area contributed by atoms with E-state index in [4.69, 9.17) is 9.47 Å². The molecule has 1 aromatic rings. The number of likely N-dealkylation sites (tertiary alicyclic amines) is 1. The summed E-state index contributed by atoms with van der Waals surface area (Å²) in [4.78, 5) is 6.51. The van der Waals surface area contributed by atoms with E-state index in [0.717, 1.165) is 31.1 Å². The third-order valence-corrected chi connectivity index (χ3v) is 5.92. The Morgan fingerprint density at radius 1 is 1.12 bits per heavy atom. The molecule has 0 aromatic heterocycles. The van der Waals surface area contributed by atoms with Crippen molar-refractivity contribution in [3.05, 3.63) is 17.7 Å². The molecule has 2 fully saturated rings. The number of thioether (sulfide) groups is 1. The standard InChI is InChI=1S/C18H29N3O2S/c1-22-16-10-14(18(24-3)11-17(16)23-2)12-20-7-4-15(13-20)21-8-5-19-6-9-21/h10-11,15,19H,4-9,12-13H2,1-3H3. The Morgan fingerprint density at radius 3 is 2.50 bits per heavy atom. The van der Waals surface area contributed by atoms with Crippen molar-refractivity contribution in [2.75, 3.05) is 59.7 Å². The summed E-state index contributed by atoms with van der Waals surface area (Å²) < 4.78 is 10.9. The van der Waals surface area contributed by atoms with Gasteiger partial charge < -0.3 is 14.8 Å². The van der Waals surface area contributed by atoms with Gasteiger partial charge in [-0.3, -0.25) is 9.80 Å². The van der Waals surface area contributed by atoms with Crippen molar-refractivity contribution < 1.29 is 9.47 Å². The second-order valence-corrected chi connectivity index (χ2v) is 7.33. The maximum Gasteiger partial charge on any atom is 0.161 e. The number of methoxy groups -OCH3 is 2. The smallest absolute Gasteiger partial charge is 0.161 e. The third-order valence-electron chi connectivity index (χ3n) is 5.10. The van der Waals surface area contributed by atoms with Crippen molar-refractivity contribution in [1.29, 1.82) is 0 Å². The average molecular weight is 352 g/mol. The summed E-state index contributed by atoms with van der Waals surface area (Å²) in [5.41, 5.74) is 1.33. The number of hydrogen-bond donors (Lipinski definition) is 1. The molecule has 2 aliphatic rings. The molecule has 0 saturated carbocycles. The predicted molar refractivity (Wildman–Crippen MR) is 99.5 cm³/mol. The second kappa shape index (κ2) is 8.43. The van der Waals surface area contributed by atoms with Crippen LogP contribution in [0, 0.1) is 0 Å². The molecule has 24 heavy (non-hydrogen) atoms. The molecule has 2 aliphatic heterocycles. The Bertz CT molecular complexity index is 549. The molecule has 5 nitrogen and oxygen atoms in total. The molecule has 6 heteroatoms. The fourth-order valence-corrected chi connectivity index (χ4v) is 4.37. The lowest BCUT2D eigenvalue weighted by Gasteiger charge is -2.32. The van der Waals surface area contributed by atoms with Crippen LogP contribution in [0.5, 0.6) is 11.5 Å². The first kappa shape index (κ1) is 17.9. The minimum absolute atomic E-state index is 0.713. The normalized spacial score (nSPS) is 22.7. The lowest BCUT2D eigenvalue weighted by molar-refractivity contribution is 0.170. The van der Waals surface area contributed by atoms with Crippen LogP contribution in [-0.2, 0) is 6.54 Å². The molecule has 0 aliphatic carbocycles. The van der Waals surface area contributed by atoms with Crippen LogP contribution in [0.15, 0.2) is 17.0 Å². The van der Waals surface area contributed by atoms with Gasteiger partial charge in [0.15, 0.2) is 11.5 Å². The Morgan fingerprint density at radius 2 is 1.83 bits per heavy atom. The predicted octanol–water partition coefficient (Wildman–Crippen LogP) is 1.91. The first-order valence-corrected chi connectivity index (χ1v) is 9.93. The summed E-state index contributed by atoms with van der Waals surface area (Å²) in [5.74, 6) is 1.63. The zero-order valence-electron chi connectivity index (χ0n) is 15.0. The van der Waals surface area contributed by atoms with Crippen molar-refractivity contribution in [3.63, 3.8) is 0 Å². The van der Waals surface area contributed by atoms with Crippen molar-refractivity contribution in [3.8, 4) is 11.5 Å². The SMILES string of the molecule is COc1cc(CN2CCC(N3CCNCC3)C2)c(SC)cc1OC. The van der Waals surface area contributed by atoms with Gasteiger partial charge in [0.25, 0.3) is 0 Å². The summed E-state index contributed by atoms with van der Waals surface area (Å²) in [5, 5.41) is 3.44. The fourth-order valence-electron chi connectivity index (χ4n) is 3.76. The van der Waals surface area contributed by atoms with Gasteiger partial charge in [-0.1, -0.05) is 0 Å². The molecule has 0 spiro atoms. The van der Waals surface area contributed by atoms with Crippen molar-refractivity contribution in [2.45, 2.75) is 23.9 Å². The van der Waals surface area contributed by atoms with E-state index in [0.29, 0.717) is 6.04 Å². The Balaban J connectivity index is 1.67. The first-order chi connectivity index (χ1) is 11.7. The van der Waals surface area contributed by atoms with Gasteiger partial charge >= 0.3 is 0 Å². The van der Waals surface area contributed by atoms with Gasteiger partial charge in [-0.25, -0.2) is 0 Å². The van der Waals surface area contributed by atoms with Gasteiger partial charge in [-0.05, 0) is 30.4 Å². The quantitative estimate of drug-likeness (QED) is 0.789. The minimum atomic E-state index is 0.713. The molecular weight excluding hydrogens is 322 g/mol. The van der Waals surface area contributed by atoms with Gasteiger partial charge in [0, 0.05) is 56.8 Å². The maximum absolute atomic E-state index is 5.49. The van der Waals surface area contributed by atoms with Gasteiger partial charge in [0.1, 0.15) is 0 Å². The lowest BCUT2D eigenvalue weighted by Crippen LogP contribution is -2.49. The number of hydrogen-bond acceptors (Lipinski definition) is 6. The summed E-state index contributed by atoms with van der Waals surface area (Å²) >= 11 is 1.78. The van der Waals surface area contributed by atoms with Crippen LogP contribution in [0.1, 0.15) is 12.0 Å². The second-order valence-electron chi connectivity index (χ2n) is 6.48. The van der Waals surface area contributed by atoms with Gasteiger partial charge in [-0.2, -0.15) is 0 Å². The molecule has 2 heterocycles. The van der Waals surface area contributed by atoms with E-state index < -0.39 is 0 Å². The lowest BCUT2D eigenvalue weighted by atomic mass is 10.2. The Labute approximate surface area is 149 Å². The maximum atomic E-state index is 5.49. The van der Waals surface area contributed by atoms with Gasteiger partial charge in [0.05, 0.1) is 14.2 Å². The average Bonchev–Trinajstić information content (AvgIpc) is 3.10. The monoisotopic (exact) mass is 351 g/mol. The molecule has 0 radical (unpaired) electrons.